The molecule has 2 aromatic carbocycles. The molecule has 0 saturated heterocycles. The molecule has 0 bridgehead atoms. The van der Waals surface area contributed by atoms with E-state index in [2.05, 4.69) is 67.4 Å². The third-order valence-corrected chi connectivity index (χ3v) is 4.20. The van der Waals surface area contributed by atoms with Gasteiger partial charge >= 0.3 is 0 Å². The lowest BCUT2D eigenvalue weighted by atomic mass is 9.99. The first-order chi connectivity index (χ1) is 10.7. The normalized spacial score (nSPS) is 17.7. The standard InChI is InChI=1S/C19H23N3/c1-14-8-9-15(2)18(12-14)22-19(13-17(21-22)10-11-20)16-6-4-3-5-7-16/h3-9,12,19H,10-11,13,20H2,1-2H3. The fraction of sp³-hybridized carbons (Fsp3) is 0.316. The Morgan fingerprint density at radius 1 is 1.14 bits per heavy atom. The van der Waals surface area contributed by atoms with Crippen LogP contribution < -0.4 is 10.7 Å². The number of nitrogens with zero attached hydrogens (tertiary/aromatic N) is 2. The molecular formula is C19H23N3. The van der Waals surface area contributed by atoms with Gasteiger partial charge in [0.15, 0.2) is 0 Å². The molecule has 114 valence electrons. The maximum atomic E-state index is 5.73. The van der Waals surface area contributed by atoms with Crippen LogP contribution in [-0.2, 0) is 0 Å². The van der Waals surface area contributed by atoms with Crippen LogP contribution in [0.3, 0.4) is 0 Å². The summed E-state index contributed by atoms with van der Waals surface area (Å²) in [6.07, 6.45) is 1.82. The van der Waals surface area contributed by atoms with Crippen LogP contribution in [0, 0.1) is 13.8 Å². The van der Waals surface area contributed by atoms with Crippen LogP contribution >= 0.6 is 0 Å². The number of hydrazone groups is 1. The van der Waals surface area contributed by atoms with Gasteiger partial charge in [-0.25, -0.2) is 0 Å². The second kappa shape index (κ2) is 6.32. The summed E-state index contributed by atoms with van der Waals surface area (Å²) in [5, 5.41) is 7.06. The topological polar surface area (TPSA) is 41.6 Å². The lowest BCUT2D eigenvalue weighted by Crippen LogP contribution is -2.19. The predicted molar refractivity (Wildman–Crippen MR) is 93.3 cm³/mol. The van der Waals surface area contributed by atoms with Crippen LogP contribution in [0.1, 0.15) is 35.6 Å². The highest BCUT2D eigenvalue weighted by atomic mass is 15.5. The highest BCUT2D eigenvalue weighted by molar-refractivity contribution is 5.89. The Balaban J connectivity index is 2.01. The van der Waals surface area contributed by atoms with Gasteiger partial charge in [0.05, 0.1) is 11.7 Å². The zero-order valence-electron chi connectivity index (χ0n) is 13.3. The molecule has 1 aliphatic heterocycles. The average molecular weight is 293 g/mol. The van der Waals surface area contributed by atoms with Gasteiger partial charge < -0.3 is 5.73 Å². The van der Waals surface area contributed by atoms with Crippen molar-refractivity contribution in [1.29, 1.82) is 0 Å². The Morgan fingerprint density at radius 3 is 2.64 bits per heavy atom. The second-order valence-electron chi connectivity index (χ2n) is 5.97. The summed E-state index contributed by atoms with van der Waals surface area (Å²) in [4.78, 5) is 0. The number of anilines is 1. The maximum Gasteiger partial charge on any atom is 0.0828 e. The van der Waals surface area contributed by atoms with Crippen LogP contribution in [0.15, 0.2) is 53.6 Å². The summed E-state index contributed by atoms with van der Waals surface area (Å²) >= 11 is 0. The van der Waals surface area contributed by atoms with Crippen LogP contribution in [0.4, 0.5) is 5.69 Å². The molecule has 0 amide bonds. The minimum absolute atomic E-state index is 0.267. The molecule has 1 heterocycles. The Morgan fingerprint density at radius 2 is 1.91 bits per heavy atom. The van der Waals surface area contributed by atoms with Crippen molar-refractivity contribution in [1.82, 2.24) is 0 Å². The molecule has 2 N–H and O–H groups in total. The van der Waals surface area contributed by atoms with Crippen LogP contribution in [0.2, 0.25) is 0 Å². The van der Waals surface area contributed by atoms with Crippen LogP contribution in [0.25, 0.3) is 0 Å². The molecule has 0 aromatic heterocycles. The van der Waals surface area contributed by atoms with Gasteiger partial charge in [-0.15, -0.1) is 0 Å². The van der Waals surface area contributed by atoms with E-state index in [1.54, 1.807) is 0 Å². The molecule has 0 aliphatic carbocycles. The quantitative estimate of drug-likeness (QED) is 0.927. The second-order valence-corrected chi connectivity index (χ2v) is 5.97. The minimum atomic E-state index is 0.267. The molecule has 22 heavy (non-hydrogen) atoms. The molecule has 0 spiro atoms. The lowest BCUT2D eigenvalue weighted by Gasteiger charge is -2.26. The summed E-state index contributed by atoms with van der Waals surface area (Å²) in [6, 6.07) is 17.4. The SMILES string of the molecule is Cc1ccc(C)c(N2N=C(CCN)CC2c2ccccc2)c1. The molecule has 3 heteroatoms. The van der Waals surface area contributed by atoms with Crippen LogP contribution in [0.5, 0.6) is 0 Å². The van der Waals surface area contributed by atoms with Crippen molar-refractivity contribution in [2.75, 3.05) is 11.6 Å². The molecule has 0 fully saturated rings. The number of aryl methyl sites for hydroxylation is 2. The van der Waals surface area contributed by atoms with Gasteiger partial charge in [0.2, 0.25) is 0 Å². The molecule has 0 saturated carbocycles. The van der Waals surface area contributed by atoms with E-state index in [1.165, 1.54) is 28.1 Å². The van der Waals surface area contributed by atoms with Crippen molar-refractivity contribution in [3.63, 3.8) is 0 Å². The van der Waals surface area contributed by atoms with Gasteiger partial charge in [0.1, 0.15) is 0 Å². The molecule has 3 nitrogen and oxygen atoms in total. The molecule has 3 rings (SSSR count). The Labute approximate surface area is 132 Å². The van der Waals surface area contributed by atoms with E-state index >= 15 is 0 Å². The summed E-state index contributed by atoms with van der Waals surface area (Å²) in [6.45, 7) is 4.93. The number of benzene rings is 2. The Bertz CT molecular complexity index is 676. The van der Waals surface area contributed by atoms with Gasteiger partial charge in [0, 0.05) is 12.1 Å². The molecule has 1 aliphatic rings. The van der Waals surface area contributed by atoms with E-state index in [9.17, 15) is 0 Å². The Kier molecular flexibility index (Phi) is 4.25. The molecule has 1 unspecified atom stereocenters. The molecule has 1 atom stereocenters. The van der Waals surface area contributed by atoms with E-state index in [1.807, 2.05) is 0 Å². The van der Waals surface area contributed by atoms with E-state index in [0.29, 0.717) is 6.54 Å². The van der Waals surface area contributed by atoms with Gasteiger partial charge in [0.25, 0.3) is 0 Å². The van der Waals surface area contributed by atoms with Crippen molar-refractivity contribution in [3.8, 4) is 0 Å². The van der Waals surface area contributed by atoms with Crippen molar-refractivity contribution < 1.29 is 0 Å². The van der Waals surface area contributed by atoms with E-state index in [4.69, 9.17) is 10.8 Å². The maximum absolute atomic E-state index is 5.73. The zero-order valence-corrected chi connectivity index (χ0v) is 13.3. The molecule has 2 aromatic rings. The minimum Gasteiger partial charge on any atom is -0.330 e. The van der Waals surface area contributed by atoms with E-state index in [0.717, 1.165) is 12.8 Å². The summed E-state index contributed by atoms with van der Waals surface area (Å²) in [7, 11) is 0. The Hall–Kier alpha value is -2.13. The first kappa shape index (κ1) is 14.8. The van der Waals surface area contributed by atoms with Crippen molar-refractivity contribution >= 4 is 11.4 Å². The highest BCUT2D eigenvalue weighted by Crippen LogP contribution is 2.37. The first-order valence-electron chi connectivity index (χ1n) is 7.87. The third kappa shape index (κ3) is 2.90. The van der Waals surface area contributed by atoms with Crippen molar-refractivity contribution in [2.24, 2.45) is 10.8 Å². The van der Waals surface area contributed by atoms with Crippen molar-refractivity contribution in [2.45, 2.75) is 32.7 Å². The summed E-state index contributed by atoms with van der Waals surface area (Å²) in [5.41, 5.74) is 11.9. The van der Waals surface area contributed by atoms with Crippen molar-refractivity contribution in [3.05, 3.63) is 65.2 Å². The van der Waals surface area contributed by atoms with Gasteiger partial charge in [-0.1, -0.05) is 42.5 Å². The number of nitrogens with two attached hydrogens (primary N) is 1. The predicted octanol–water partition coefficient (Wildman–Crippen LogP) is 3.96. The number of hydrogen-bond acceptors (Lipinski definition) is 3. The average Bonchev–Trinajstić information content (AvgIpc) is 2.95. The fourth-order valence-electron chi connectivity index (χ4n) is 3.01. The van der Waals surface area contributed by atoms with Gasteiger partial charge in [-0.2, -0.15) is 5.10 Å². The zero-order chi connectivity index (χ0) is 15.5. The smallest absolute Gasteiger partial charge is 0.0828 e. The van der Waals surface area contributed by atoms with E-state index < -0.39 is 0 Å². The third-order valence-electron chi connectivity index (χ3n) is 4.20. The lowest BCUT2D eigenvalue weighted by molar-refractivity contribution is 0.705. The van der Waals surface area contributed by atoms with Crippen LogP contribution in [-0.4, -0.2) is 12.3 Å². The van der Waals surface area contributed by atoms with E-state index in [-0.39, 0.29) is 6.04 Å². The highest BCUT2D eigenvalue weighted by Gasteiger charge is 2.29. The monoisotopic (exact) mass is 293 g/mol. The molecule has 0 radical (unpaired) electrons. The fourth-order valence-corrected chi connectivity index (χ4v) is 3.01. The summed E-state index contributed by atoms with van der Waals surface area (Å²) < 4.78 is 0. The summed E-state index contributed by atoms with van der Waals surface area (Å²) in [5.74, 6) is 0. The largest absolute Gasteiger partial charge is 0.330 e. The number of hydrogen-bond donors (Lipinski definition) is 1. The first-order valence-corrected chi connectivity index (χ1v) is 7.87. The van der Waals surface area contributed by atoms with Gasteiger partial charge in [-0.3, -0.25) is 5.01 Å². The number of rotatable bonds is 4. The molecular weight excluding hydrogens is 270 g/mol. The van der Waals surface area contributed by atoms with Gasteiger partial charge in [-0.05, 0) is 49.6 Å².